The number of halogens is 2. The molecule has 1 aromatic heterocycles. The van der Waals surface area contributed by atoms with E-state index in [2.05, 4.69) is 27.5 Å². The van der Waals surface area contributed by atoms with Crippen LogP contribution in [0, 0.1) is 6.92 Å². The minimum Gasteiger partial charge on any atom is -0.370 e. The Morgan fingerprint density at radius 3 is 2.50 bits per heavy atom. The van der Waals surface area contributed by atoms with Crippen LogP contribution >= 0.6 is 23.2 Å². The molecule has 6 heteroatoms. The van der Waals surface area contributed by atoms with Crippen molar-refractivity contribution in [3.63, 3.8) is 0 Å². The van der Waals surface area contributed by atoms with Gasteiger partial charge in [-0.1, -0.05) is 36.2 Å². The zero-order valence-electron chi connectivity index (χ0n) is 11.4. The molecule has 2 rings (SSSR count). The van der Waals surface area contributed by atoms with Crippen molar-refractivity contribution in [3.8, 4) is 0 Å². The molecule has 0 atom stereocenters. The third-order valence-corrected chi connectivity index (χ3v) is 3.24. The van der Waals surface area contributed by atoms with Gasteiger partial charge in [-0.15, -0.1) is 0 Å². The van der Waals surface area contributed by atoms with Crippen molar-refractivity contribution in [1.29, 1.82) is 0 Å². The minimum absolute atomic E-state index is 0.471. The second-order valence-corrected chi connectivity index (χ2v) is 5.18. The molecular weight excluding hydrogens is 295 g/mol. The van der Waals surface area contributed by atoms with E-state index in [1.54, 1.807) is 18.2 Å². The SMILES string of the molecule is CCCNc1cc(C)nc(Nc2c(Cl)cccc2Cl)n1. The molecule has 2 aromatic rings. The fourth-order valence-electron chi connectivity index (χ4n) is 1.70. The Bertz CT molecular complexity index is 581. The first kappa shape index (κ1) is 14.9. The van der Waals surface area contributed by atoms with Gasteiger partial charge in [0.05, 0.1) is 15.7 Å². The second kappa shape index (κ2) is 6.77. The molecule has 0 saturated carbocycles. The molecule has 0 bridgehead atoms. The lowest BCUT2D eigenvalue weighted by molar-refractivity contribution is 0.962. The highest BCUT2D eigenvalue weighted by atomic mass is 35.5. The molecule has 0 aliphatic rings. The summed E-state index contributed by atoms with van der Waals surface area (Å²) in [6, 6.07) is 7.22. The highest BCUT2D eigenvalue weighted by molar-refractivity contribution is 6.39. The standard InChI is InChI=1S/C14H16Cl2N4/c1-3-7-17-12-8-9(2)18-14(19-12)20-13-10(15)5-4-6-11(13)16/h4-6,8H,3,7H2,1-2H3,(H2,17,18,19,20). The summed E-state index contributed by atoms with van der Waals surface area (Å²) in [4.78, 5) is 8.74. The zero-order valence-corrected chi connectivity index (χ0v) is 12.9. The normalized spacial score (nSPS) is 10.4. The van der Waals surface area contributed by atoms with Gasteiger partial charge in [-0.2, -0.15) is 4.98 Å². The van der Waals surface area contributed by atoms with Crippen LogP contribution in [0.2, 0.25) is 10.0 Å². The van der Waals surface area contributed by atoms with Gasteiger partial charge in [0.1, 0.15) is 5.82 Å². The molecule has 2 N–H and O–H groups in total. The van der Waals surface area contributed by atoms with Crippen LogP contribution in [0.4, 0.5) is 17.5 Å². The van der Waals surface area contributed by atoms with Crippen LogP contribution in [0.15, 0.2) is 24.3 Å². The molecule has 0 saturated heterocycles. The third-order valence-electron chi connectivity index (χ3n) is 2.61. The number of anilines is 3. The van der Waals surface area contributed by atoms with E-state index in [4.69, 9.17) is 23.2 Å². The van der Waals surface area contributed by atoms with Crippen molar-refractivity contribution in [2.45, 2.75) is 20.3 Å². The van der Waals surface area contributed by atoms with Crippen LogP contribution in [-0.2, 0) is 0 Å². The number of benzene rings is 1. The predicted molar refractivity (Wildman–Crippen MR) is 85.3 cm³/mol. The van der Waals surface area contributed by atoms with E-state index >= 15 is 0 Å². The van der Waals surface area contributed by atoms with E-state index in [0.717, 1.165) is 24.5 Å². The molecule has 0 unspecified atom stereocenters. The quantitative estimate of drug-likeness (QED) is 0.843. The van der Waals surface area contributed by atoms with Gasteiger partial charge in [0.2, 0.25) is 5.95 Å². The summed E-state index contributed by atoms with van der Waals surface area (Å²) < 4.78 is 0. The van der Waals surface area contributed by atoms with Crippen LogP contribution < -0.4 is 10.6 Å². The van der Waals surface area contributed by atoms with E-state index in [1.807, 2.05) is 13.0 Å². The van der Waals surface area contributed by atoms with Gasteiger partial charge in [0.25, 0.3) is 0 Å². The molecular formula is C14H16Cl2N4. The smallest absolute Gasteiger partial charge is 0.229 e. The highest BCUT2D eigenvalue weighted by Gasteiger charge is 2.08. The molecule has 0 aliphatic carbocycles. The number of hydrogen-bond acceptors (Lipinski definition) is 4. The van der Waals surface area contributed by atoms with Crippen molar-refractivity contribution in [2.24, 2.45) is 0 Å². The summed E-state index contributed by atoms with van der Waals surface area (Å²) in [5.74, 6) is 1.25. The fourth-order valence-corrected chi connectivity index (χ4v) is 2.19. The van der Waals surface area contributed by atoms with Crippen molar-refractivity contribution in [3.05, 3.63) is 40.0 Å². The Hall–Kier alpha value is -1.52. The molecule has 1 aromatic carbocycles. The lowest BCUT2D eigenvalue weighted by Gasteiger charge is -2.11. The summed E-state index contributed by atoms with van der Waals surface area (Å²) in [6.07, 6.45) is 1.03. The zero-order chi connectivity index (χ0) is 14.5. The van der Waals surface area contributed by atoms with Gasteiger partial charge in [-0.25, -0.2) is 4.98 Å². The summed E-state index contributed by atoms with van der Waals surface area (Å²) in [5, 5.41) is 7.37. The number of para-hydroxylation sites is 1. The van der Waals surface area contributed by atoms with Gasteiger partial charge in [0, 0.05) is 18.3 Å². The number of rotatable bonds is 5. The van der Waals surface area contributed by atoms with Gasteiger partial charge in [0.15, 0.2) is 0 Å². The Balaban J connectivity index is 2.27. The van der Waals surface area contributed by atoms with E-state index in [9.17, 15) is 0 Å². The lowest BCUT2D eigenvalue weighted by atomic mass is 10.3. The summed E-state index contributed by atoms with van der Waals surface area (Å²) >= 11 is 12.2. The van der Waals surface area contributed by atoms with Crippen molar-refractivity contribution in [1.82, 2.24) is 9.97 Å². The average molecular weight is 311 g/mol. The summed E-state index contributed by atoms with van der Waals surface area (Å²) in [6.45, 7) is 4.88. The molecule has 0 fully saturated rings. The van der Waals surface area contributed by atoms with Crippen molar-refractivity contribution < 1.29 is 0 Å². The second-order valence-electron chi connectivity index (χ2n) is 4.37. The van der Waals surface area contributed by atoms with E-state index in [0.29, 0.717) is 21.7 Å². The van der Waals surface area contributed by atoms with Gasteiger partial charge < -0.3 is 10.6 Å². The van der Waals surface area contributed by atoms with Crippen LogP contribution in [0.25, 0.3) is 0 Å². The first-order valence-corrected chi connectivity index (χ1v) is 7.16. The number of hydrogen-bond donors (Lipinski definition) is 2. The Morgan fingerprint density at radius 1 is 1.15 bits per heavy atom. The predicted octanol–water partition coefficient (Wildman–Crippen LogP) is 4.66. The topological polar surface area (TPSA) is 49.8 Å². The number of nitrogens with zero attached hydrogens (tertiary/aromatic N) is 2. The molecule has 0 aliphatic heterocycles. The molecule has 0 radical (unpaired) electrons. The maximum atomic E-state index is 6.12. The van der Waals surface area contributed by atoms with Gasteiger partial charge in [-0.3, -0.25) is 0 Å². The number of nitrogens with one attached hydrogen (secondary N) is 2. The van der Waals surface area contributed by atoms with Crippen molar-refractivity contribution in [2.75, 3.05) is 17.2 Å². The first-order chi connectivity index (χ1) is 9.60. The molecule has 0 spiro atoms. The van der Waals surface area contributed by atoms with Crippen molar-refractivity contribution >= 4 is 40.7 Å². The number of aromatic nitrogens is 2. The van der Waals surface area contributed by atoms with Crippen LogP contribution in [0.1, 0.15) is 19.0 Å². The Kier molecular flexibility index (Phi) is 5.04. The molecule has 4 nitrogen and oxygen atoms in total. The lowest BCUT2D eigenvalue weighted by Crippen LogP contribution is -2.06. The summed E-state index contributed by atoms with van der Waals surface area (Å²) in [5.41, 5.74) is 1.48. The Labute approximate surface area is 128 Å². The van der Waals surface area contributed by atoms with Gasteiger partial charge in [-0.05, 0) is 25.5 Å². The van der Waals surface area contributed by atoms with E-state index in [-0.39, 0.29) is 0 Å². The maximum Gasteiger partial charge on any atom is 0.229 e. The van der Waals surface area contributed by atoms with Crippen LogP contribution in [-0.4, -0.2) is 16.5 Å². The van der Waals surface area contributed by atoms with E-state index in [1.165, 1.54) is 0 Å². The largest absolute Gasteiger partial charge is 0.370 e. The molecule has 0 amide bonds. The maximum absolute atomic E-state index is 6.12. The molecule has 20 heavy (non-hydrogen) atoms. The Morgan fingerprint density at radius 2 is 1.85 bits per heavy atom. The molecule has 106 valence electrons. The van der Waals surface area contributed by atoms with Crippen LogP contribution in [0.5, 0.6) is 0 Å². The fraction of sp³-hybridized carbons (Fsp3) is 0.286. The van der Waals surface area contributed by atoms with E-state index < -0.39 is 0 Å². The molecule has 1 heterocycles. The average Bonchev–Trinajstić information content (AvgIpc) is 2.40. The first-order valence-electron chi connectivity index (χ1n) is 6.40. The number of aryl methyl sites for hydroxylation is 1. The van der Waals surface area contributed by atoms with Crippen LogP contribution in [0.3, 0.4) is 0 Å². The minimum atomic E-state index is 0.471. The monoisotopic (exact) mass is 310 g/mol. The highest BCUT2D eigenvalue weighted by Crippen LogP contribution is 2.31. The third kappa shape index (κ3) is 3.74. The summed E-state index contributed by atoms with van der Waals surface area (Å²) in [7, 11) is 0. The van der Waals surface area contributed by atoms with Gasteiger partial charge >= 0.3 is 0 Å².